The molecule has 0 radical (unpaired) electrons. The summed E-state index contributed by atoms with van der Waals surface area (Å²) in [6, 6.07) is 19.4. The molecule has 2 N–H and O–H groups in total. The van der Waals surface area contributed by atoms with Crippen LogP contribution in [0.3, 0.4) is 0 Å². The second kappa shape index (κ2) is 12.4. The van der Waals surface area contributed by atoms with Crippen LogP contribution in [0.1, 0.15) is 42.4 Å². The molecule has 0 saturated heterocycles. The summed E-state index contributed by atoms with van der Waals surface area (Å²) in [5, 5.41) is 5.77. The van der Waals surface area contributed by atoms with Crippen molar-refractivity contribution in [2.75, 3.05) is 6.61 Å². The molecule has 0 fully saturated rings. The van der Waals surface area contributed by atoms with Gasteiger partial charge in [0.05, 0.1) is 12.3 Å². The van der Waals surface area contributed by atoms with Crippen molar-refractivity contribution in [2.45, 2.75) is 40.0 Å². The van der Waals surface area contributed by atoms with Crippen molar-refractivity contribution in [1.29, 1.82) is 0 Å². The maximum atomic E-state index is 12.9. The van der Waals surface area contributed by atoms with Crippen LogP contribution in [0, 0.1) is 5.92 Å². The number of hydrogen-bond donors (Lipinski definition) is 2. The Morgan fingerprint density at radius 1 is 0.941 bits per heavy atom. The highest BCUT2D eigenvalue weighted by molar-refractivity contribution is 5.97. The second-order valence-corrected chi connectivity index (χ2v) is 8.13. The van der Waals surface area contributed by atoms with Crippen LogP contribution in [-0.4, -0.2) is 29.4 Å². The summed E-state index contributed by atoms with van der Waals surface area (Å²) < 4.78 is 11.2. The number of nitrogens with zero attached hydrogens (tertiary/aromatic N) is 1. The lowest BCUT2D eigenvalue weighted by molar-refractivity contribution is -0.124. The van der Waals surface area contributed by atoms with Crippen LogP contribution in [0.5, 0.6) is 11.5 Å². The molecule has 1 heterocycles. The first-order valence-corrected chi connectivity index (χ1v) is 11.4. The molecular weight excluding hydrogens is 430 g/mol. The molecule has 0 aliphatic heterocycles. The van der Waals surface area contributed by atoms with Crippen molar-refractivity contribution in [1.82, 2.24) is 15.6 Å². The predicted octanol–water partition coefficient (Wildman–Crippen LogP) is 4.13. The molecule has 0 spiro atoms. The van der Waals surface area contributed by atoms with Crippen LogP contribution in [0.25, 0.3) is 0 Å². The maximum Gasteiger partial charge on any atom is 0.251 e. The molecule has 0 aliphatic carbocycles. The highest BCUT2D eigenvalue weighted by atomic mass is 16.5. The van der Waals surface area contributed by atoms with Crippen LogP contribution < -0.4 is 20.1 Å². The van der Waals surface area contributed by atoms with E-state index in [0.717, 1.165) is 11.3 Å². The van der Waals surface area contributed by atoms with E-state index in [1.54, 1.807) is 30.5 Å². The van der Waals surface area contributed by atoms with Gasteiger partial charge in [0.2, 0.25) is 5.91 Å². The number of ether oxygens (including phenoxy) is 2. The molecule has 2 amide bonds. The van der Waals surface area contributed by atoms with Gasteiger partial charge < -0.3 is 20.1 Å². The molecule has 2 aromatic carbocycles. The van der Waals surface area contributed by atoms with Gasteiger partial charge in [0, 0.05) is 18.3 Å². The van der Waals surface area contributed by atoms with Crippen LogP contribution in [0.2, 0.25) is 0 Å². The fraction of sp³-hybridized carbons (Fsp3) is 0.296. The minimum atomic E-state index is -0.664. The van der Waals surface area contributed by atoms with Gasteiger partial charge in [0.15, 0.2) is 0 Å². The van der Waals surface area contributed by atoms with Crippen molar-refractivity contribution in [3.05, 3.63) is 89.7 Å². The topological polar surface area (TPSA) is 89.5 Å². The Labute approximate surface area is 200 Å². The number of carbonyl (C=O) groups excluding carboxylic acids is 2. The summed E-state index contributed by atoms with van der Waals surface area (Å²) in [5.74, 6) is 0.764. The summed E-state index contributed by atoms with van der Waals surface area (Å²) in [4.78, 5) is 29.8. The Morgan fingerprint density at radius 3 is 2.41 bits per heavy atom. The third-order valence-electron chi connectivity index (χ3n) is 5.14. The highest BCUT2D eigenvalue weighted by Crippen LogP contribution is 2.16. The van der Waals surface area contributed by atoms with Crippen molar-refractivity contribution >= 4 is 11.8 Å². The zero-order valence-corrected chi connectivity index (χ0v) is 19.8. The van der Waals surface area contributed by atoms with E-state index in [1.807, 2.05) is 63.2 Å². The van der Waals surface area contributed by atoms with Crippen LogP contribution in [0.4, 0.5) is 0 Å². The lowest BCUT2D eigenvalue weighted by Gasteiger charge is -2.22. The first-order valence-electron chi connectivity index (χ1n) is 11.4. The van der Waals surface area contributed by atoms with E-state index in [2.05, 4.69) is 15.6 Å². The number of nitrogens with one attached hydrogen (secondary N) is 2. The fourth-order valence-corrected chi connectivity index (χ4v) is 3.31. The molecular formula is C27H31N3O4. The number of amides is 2. The molecule has 3 aromatic rings. The third-order valence-corrected chi connectivity index (χ3v) is 5.14. The quantitative estimate of drug-likeness (QED) is 0.448. The largest absolute Gasteiger partial charge is 0.494 e. The number of aromatic nitrogens is 1. The molecule has 3 rings (SSSR count). The minimum Gasteiger partial charge on any atom is -0.494 e. The number of rotatable bonds is 11. The Kier molecular flexibility index (Phi) is 9.03. The summed E-state index contributed by atoms with van der Waals surface area (Å²) in [5.41, 5.74) is 2.20. The van der Waals surface area contributed by atoms with E-state index in [1.165, 1.54) is 0 Å². The van der Waals surface area contributed by atoms with Gasteiger partial charge in [0.25, 0.3) is 5.91 Å². The summed E-state index contributed by atoms with van der Waals surface area (Å²) in [6.45, 7) is 6.94. The molecule has 0 aliphatic rings. The normalized spacial score (nSPS) is 11.5. The number of carbonyl (C=O) groups is 2. The van der Waals surface area contributed by atoms with Crippen molar-refractivity contribution in [2.24, 2.45) is 5.92 Å². The van der Waals surface area contributed by atoms with Crippen LogP contribution >= 0.6 is 0 Å². The number of pyridine rings is 1. The average molecular weight is 462 g/mol. The molecule has 0 saturated carbocycles. The van der Waals surface area contributed by atoms with Gasteiger partial charge in [-0.15, -0.1) is 0 Å². The zero-order chi connectivity index (χ0) is 24.3. The van der Waals surface area contributed by atoms with Crippen LogP contribution in [-0.2, 0) is 17.9 Å². The van der Waals surface area contributed by atoms with E-state index >= 15 is 0 Å². The lowest BCUT2D eigenvalue weighted by atomic mass is 10.0. The molecule has 0 bridgehead atoms. The molecule has 7 nitrogen and oxygen atoms in total. The number of hydrogen-bond acceptors (Lipinski definition) is 5. The molecule has 7 heteroatoms. The highest BCUT2D eigenvalue weighted by Gasteiger charge is 2.24. The average Bonchev–Trinajstić information content (AvgIpc) is 2.86. The smallest absolute Gasteiger partial charge is 0.251 e. The van der Waals surface area contributed by atoms with Gasteiger partial charge in [0.1, 0.15) is 24.1 Å². The Hall–Kier alpha value is -3.87. The van der Waals surface area contributed by atoms with Gasteiger partial charge in [-0.2, -0.15) is 0 Å². The molecule has 1 unspecified atom stereocenters. The van der Waals surface area contributed by atoms with E-state index in [-0.39, 0.29) is 17.7 Å². The molecule has 1 aromatic heterocycles. The summed E-state index contributed by atoms with van der Waals surface area (Å²) in [6.07, 6.45) is 1.73. The van der Waals surface area contributed by atoms with Crippen molar-refractivity contribution in [3.63, 3.8) is 0 Å². The number of benzene rings is 2. The van der Waals surface area contributed by atoms with Crippen LogP contribution in [0.15, 0.2) is 72.9 Å². The van der Waals surface area contributed by atoms with Gasteiger partial charge in [-0.25, -0.2) is 0 Å². The van der Waals surface area contributed by atoms with E-state index in [0.29, 0.717) is 36.8 Å². The Balaban J connectivity index is 1.55. The monoisotopic (exact) mass is 461 g/mol. The Morgan fingerprint density at radius 2 is 1.74 bits per heavy atom. The molecule has 1 atom stereocenters. The Bertz CT molecular complexity index is 1070. The maximum absolute atomic E-state index is 12.9. The van der Waals surface area contributed by atoms with E-state index in [4.69, 9.17) is 9.47 Å². The molecule has 34 heavy (non-hydrogen) atoms. The first kappa shape index (κ1) is 24.8. The van der Waals surface area contributed by atoms with Gasteiger partial charge in [-0.1, -0.05) is 32.0 Å². The van der Waals surface area contributed by atoms with E-state index in [9.17, 15) is 9.59 Å². The minimum absolute atomic E-state index is 0.0836. The van der Waals surface area contributed by atoms with Crippen molar-refractivity contribution in [3.8, 4) is 11.5 Å². The van der Waals surface area contributed by atoms with Crippen molar-refractivity contribution < 1.29 is 19.1 Å². The fourth-order valence-electron chi connectivity index (χ4n) is 3.31. The second-order valence-electron chi connectivity index (χ2n) is 8.13. The summed E-state index contributed by atoms with van der Waals surface area (Å²) >= 11 is 0. The SMILES string of the molecule is CCOc1ccc(C(=O)NC(C(=O)NCc2cccc(OCc3ccccn3)c2)C(C)C)cc1. The van der Waals surface area contributed by atoms with E-state index < -0.39 is 6.04 Å². The van der Waals surface area contributed by atoms with Gasteiger partial charge in [-0.05, 0) is 66.9 Å². The predicted molar refractivity (Wildman–Crippen MR) is 131 cm³/mol. The molecule has 178 valence electrons. The standard InChI is InChI=1S/C27H31N3O4/c1-4-33-23-13-11-21(12-14-23)26(31)30-25(19(2)3)27(32)29-17-20-8-7-10-24(16-20)34-18-22-9-5-6-15-28-22/h5-16,19,25H,4,17-18H2,1-3H3,(H,29,32)(H,30,31). The third kappa shape index (κ3) is 7.33. The van der Waals surface area contributed by atoms with Gasteiger partial charge >= 0.3 is 0 Å². The van der Waals surface area contributed by atoms with Gasteiger partial charge in [-0.3, -0.25) is 14.6 Å². The first-order chi connectivity index (χ1) is 16.5. The summed E-state index contributed by atoms with van der Waals surface area (Å²) in [7, 11) is 0. The lowest BCUT2D eigenvalue weighted by Crippen LogP contribution is -2.49. The zero-order valence-electron chi connectivity index (χ0n) is 19.8.